The summed E-state index contributed by atoms with van der Waals surface area (Å²) in [4.78, 5) is 0. The van der Waals surface area contributed by atoms with Crippen LogP contribution in [0.25, 0.3) is 0 Å². The third kappa shape index (κ3) is 3.18. The van der Waals surface area contributed by atoms with Crippen LogP contribution in [0.1, 0.15) is 22.6 Å². The summed E-state index contributed by atoms with van der Waals surface area (Å²) in [5.74, 6) is -0.301. The van der Waals surface area contributed by atoms with Gasteiger partial charge in [-0.15, -0.1) is 0 Å². The van der Waals surface area contributed by atoms with Crippen LogP contribution in [0.2, 0.25) is 0 Å². The first-order chi connectivity index (χ1) is 9.24. The zero-order valence-corrected chi connectivity index (χ0v) is 10.5. The van der Waals surface area contributed by atoms with E-state index in [0.717, 1.165) is 5.56 Å². The van der Waals surface area contributed by atoms with E-state index in [9.17, 15) is 4.39 Å². The molecule has 0 aliphatic carbocycles. The Morgan fingerprint density at radius 3 is 2.63 bits per heavy atom. The number of halogens is 1. The number of nitrogens with two attached hydrogens (primary N) is 1. The van der Waals surface area contributed by atoms with E-state index in [2.05, 4.69) is 6.07 Å². The Hall–Kier alpha value is -2.18. The number of hydrogen-bond acceptors (Lipinski definition) is 2. The molecule has 2 nitrogen and oxygen atoms in total. The molecule has 96 valence electrons. The third-order valence-corrected chi connectivity index (χ3v) is 3.17. The van der Waals surface area contributed by atoms with E-state index in [0.29, 0.717) is 24.1 Å². The zero-order chi connectivity index (χ0) is 13.7. The molecule has 0 aromatic heterocycles. The van der Waals surface area contributed by atoms with Crippen molar-refractivity contribution >= 4 is 0 Å². The standard InChI is InChI=1S/C16H15FN2/c17-16-7-2-1-6-15(16)14(11-19)9-12-4-3-5-13(8-12)10-18/h1-8,14H,9,11,19H2. The van der Waals surface area contributed by atoms with Crippen LogP contribution in [0.4, 0.5) is 4.39 Å². The van der Waals surface area contributed by atoms with Crippen LogP contribution in [-0.4, -0.2) is 6.54 Å². The number of benzene rings is 2. The van der Waals surface area contributed by atoms with Crippen molar-refractivity contribution in [1.29, 1.82) is 5.26 Å². The van der Waals surface area contributed by atoms with Crippen molar-refractivity contribution in [3.05, 3.63) is 71.0 Å². The van der Waals surface area contributed by atoms with Gasteiger partial charge in [-0.25, -0.2) is 4.39 Å². The van der Waals surface area contributed by atoms with Gasteiger partial charge in [0.1, 0.15) is 5.82 Å². The summed E-state index contributed by atoms with van der Waals surface area (Å²) in [5, 5.41) is 8.88. The minimum absolute atomic E-state index is 0.0739. The molecule has 0 spiro atoms. The van der Waals surface area contributed by atoms with Crippen molar-refractivity contribution in [1.82, 2.24) is 0 Å². The minimum atomic E-state index is -0.227. The summed E-state index contributed by atoms with van der Waals surface area (Å²) in [7, 11) is 0. The second-order valence-electron chi connectivity index (χ2n) is 4.47. The van der Waals surface area contributed by atoms with E-state index in [1.165, 1.54) is 6.07 Å². The third-order valence-electron chi connectivity index (χ3n) is 3.17. The molecule has 2 N–H and O–H groups in total. The summed E-state index contributed by atoms with van der Waals surface area (Å²) in [6.07, 6.45) is 0.632. The Morgan fingerprint density at radius 2 is 1.95 bits per heavy atom. The molecule has 0 bridgehead atoms. The minimum Gasteiger partial charge on any atom is -0.330 e. The van der Waals surface area contributed by atoms with Crippen LogP contribution in [0, 0.1) is 17.1 Å². The van der Waals surface area contributed by atoms with Crippen LogP contribution in [0.5, 0.6) is 0 Å². The highest BCUT2D eigenvalue weighted by molar-refractivity contribution is 5.34. The predicted octanol–water partition coefficient (Wildman–Crippen LogP) is 2.98. The van der Waals surface area contributed by atoms with Crippen molar-refractivity contribution in [2.24, 2.45) is 5.73 Å². The molecule has 0 aliphatic rings. The molecule has 2 aromatic carbocycles. The second-order valence-corrected chi connectivity index (χ2v) is 4.47. The average Bonchev–Trinajstić information content (AvgIpc) is 2.46. The highest BCUT2D eigenvalue weighted by Gasteiger charge is 2.14. The maximum absolute atomic E-state index is 13.8. The van der Waals surface area contributed by atoms with Crippen molar-refractivity contribution < 1.29 is 4.39 Å². The fraction of sp³-hybridized carbons (Fsp3) is 0.188. The second kappa shape index (κ2) is 6.12. The molecular weight excluding hydrogens is 239 g/mol. The molecule has 1 unspecified atom stereocenters. The summed E-state index contributed by atoms with van der Waals surface area (Å²) >= 11 is 0. The molecule has 0 fully saturated rings. The predicted molar refractivity (Wildman–Crippen MR) is 73.1 cm³/mol. The average molecular weight is 254 g/mol. The maximum atomic E-state index is 13.8. The van der Waals surface area contributed by atoms with Crippen molar-refractivity contribution in [2.45, 2.75) is 12.3 Å². The Labute approximate surface area is 112 Å². The van der Waals surface area contributed by atoms with Gasteiger partial charge >= 0.3 is 0 Å². The number of rotatable bonds is 4. The van der Waals surface area contributed by atoms with Crippen molar-refractivity contribution in [3.8, 4) is 6.07 Å². The van der Waals surface area contributed by atoms with E-state index < -0.39 is 0 Å². The number of nitriles is 1. The van der Waals surface area contributed by atoms with Gasteiger partial charge in [-0.05, 0) is 42.3 Å². The number of hydrogen-bond donors (Lipinski definition) is 1. The zero-order valence-electron chi connectivity index (χ0n) is 10.5. The molecule has 0 amide bonds. The molecule has 1 atom stereocenters. The topological polar surface area (TPSA) is 49.8 Å². The Balaban J connectivity index is 2.24. The van der Waals surface area contributed by atoms with Gasteiger partial charge in [-0.2, -0.15) is 5.26 Å². The van der Waals surface area contributed by atoms with Gasteiger partial charge in [0.15, 0.2) is 0 Å². The molecule has 0 aliphatic heterocycles. The first-order valence-electron chi connectivity index (χ1n) is 6.18. The van der Waals surface area contributed by atoms with Crippen LogP contribution in [0.15, 0.2) is 48.5 Å². The Kier molecular flexibility index (Phi) is 4.27. The van der Waals surface area contributed by atoms with Gasteiger partial charge in [0.2, 0.25) is 0 Å². The fourth-order valence-corrected chi connectivity index (χ4v) is 2.18. The molecule has 0 heterocycles. The lowest BCUT2D eigenvalue weighted by molar-refractivity contribution is 0.576. The monoisotopic (exact) mass is 254 g/mol. The lowest BCUT2D eigenvalue weighted by Gasteiger charge is -2.16. The summed E-state index contributed by atoms with van der Waals surface area (Å²) in [5.41, 5.74) is 8.00. The highest BCUT2D eigenvalue weighted by Crippen LogP contribution is 2.22. The maximum Gasteiger partial charge on any atom is 0.126 e. The quantitative estimate of drug-likeness (QED) is 0.911. The lowest BCUT2D eigenvalue weighted by Crippen LogP contribution is -2.16. The molecule has 3 heteroatoms. The smallest absolute Gasteiger partial charge is 0.126 e. The molecular formula is C16H15FN2. The summed E-state index contributed by atoms with van der Waals surface area (Å²) in [6.45, 7) is 0.373. The van der Waals surface area contributed by atoms with Gasteiger partial charge < -0.3 is 5.73 Å². The van der Waals surface area contributed by atoms with Gasteiger partial charge in [0.05, 0.1) is 11.6 Å². The normalized spacial score (nSPS) is 11.8. The van der Waals surface area contributed by atoms with E-state index in [1.807, 2.05) is 24.3 Å². The first kappa shape index (κ1) is 13.3. The van der Waals surface area contributed by atoms with Gasteiger partial charge in [0.25, 0.3) is 0 Å². The molecule has 19 heavy (non-hydrogen) atoms. The molecule has 2 rings (SSSR count). The Morgan fingerprint density at radius 1 is 1.16 bits per heavy atom. The molecule has 0 saturated heterocycles. The fourth-order valence-electron chi connectivity index (χ4n) is 2.18. The van der Waals surface area contributed by atoms with Crippen LogP contribution in [0.3, 0.4) is 0 Å². The van der Waals surface area contributed by atoms with Gasteiger partial charge in [-0.3, -0.25) is 0 Å². The van der Waals surface area contributed by atoms with E-state index >= 15 is 0 Å². The highest BCUT2D eigenvalue weighted by atomic mass is 19.1. The van der Waals surface area contributed by atoms with Crippen molar-refractivity contribution in [3.63, 3.8) is 0 Å². The van der Waals surface area contributed by atoms with E-state index in [1.54, 1.807) is 18.2 Å². The summed E-state index contributed by atoms with van der Waals surface area (Å²) < 4.78 is 13.8. The lowest BCUT2D eigenvalue weighted by atomic mass is 9.91. The number of nitrogens with zero attached hydrogens (tertiary/aromatic N) is 1. The van der Waals surface area contributed by atoms with Crippen LogP contribution < -0.4 is 5.73 Å². The molecule has 0 radical (unpaired) electrons. The largest absolute Gasteiger partial charge is 0.330 e. The summed E-state index contributed by atoms with van der Waals surface area (Å²) in [6, 6.07) is 16.1. The Bertz CT molecular complexity index is 602. The van der Waals surface area contributed by atoms with E-state index in [-0.39, 0.29) is 11.7 Å². The van der Waals surface area contributed by atoms with Crippen molar-refractivity contribution in [2.75, 3.05) is 6.54 Å². The first-order valence-corrected chi connectivity index (χ1v) is 6.18. The van der Waals surface area contributed by atoms with Gasteiger partial charge in [0, 0.05) is 5.92 Å². The van der Waals surface area contributed by atoms with Crippen LogP contribution >= 0.6 is 0 Å². The SMILES string of the molecule is N#Cc1cccc(CC(CN)c2ccccc2F)c1. The van der Waals surface area contributed by atoms with Gasteiger partial charge in [-0.1, -0.05) is 30.3 Å². The molecule has 2 aromatic rings. The van der Waals surface area contributed by atoms with E-state index in [4.69, 9.17) is 11.0 Å². The van der Waals surface area contributed by atoms with Crippen LogP contribution in [-0.2, 0) is 6.42 Å². The molecule has 0 saturated carbocycles.